The topological polar surface area (TPSA) is 51.1 Å². The Morgan fingerprint density at radius 3 is 2.68 bits per heavy atom. The first-order valence-electron chi connectivity index (χ1n) is 8.43. The van der Waals surface area contributed by atoms with E-state index in [2.05, 4.69) is 15.7 Å². The molecule has 0 bridgehead atoms. The molecule has 9 heteroatoms. The van der Waals surface area contributed by atoms with Gasteiger partial charge in [-0.25, -0.2) is 4.39 Å². The number of anilines is 2. The van der Waals surface area contributed by atoms with Crippen LogP contribution in [0.3, 0.4) is 0 Å². The van der Waals surface area contributed by atoms with E-state index in [1.165, 1.54) is 10.7 Å². The lowest BCUT2D eigenvalue weighted by Crippen LogP contribution is -2.20. The summed E-state index contributed by atoms with van der Waals surface area (Å²) in [6.07, 6.45) is 1.57. The number of hydrogen-bond donors (Lipinski definition) is 2. The number of halogens is 3. The number of nitrogens with zero attached hydrogens (tertiary/aromatic N) is 2. The standard InChI is InChI=1S/C19H17Cl2FN4OS/c1-2-27-17-9-4-3-8-16(17)23-19(28)24-18-14(21)11-26(25-18)10-12-13(20)6-5-7-15(12)22/h3-9,11H,2,10H2,1H3,(H2,23,24,25,28). The fourth-order valence-corrected chi connectivity index (χ4v) is 3.15. The number of para-hydroxylation sites is 2. The lowest BCUT2D eigenvalue weighted by molar-refractivity contribution is 0.342. The molecule has 1 aromatic heterocycles. The zero-order chi connectivity index (χ0) is 20.1. The van der Waals surface area contributed by atoms with Gasteiger partial charge in [-0.15, -0.1) is 0 Å². The van der Waals surface area contributed by atoms with Gasteiger partial charge < -0.3 is 15.4 Å². The first-order valence-corrected chi connectivity index (χ1v) is 9.60. The molecule has 0 aliphatic heterocycles. The van der Waals surface area contributed by atoms with Gasteiger partial charge in [-0.1, -0.05) is 41.4 Å². The Hall–Kier alpha value is -2.35. The van der Waals surface area contributed by atoms with Gasteiger partial charge in [0.2, 0.25) is 0 Å². The Morgan fingerprint density at radius 1 is 1.14 bits per heavy atom. The number of benzene rings is 2. The highest BCUT2D eigenvalue weighted by Gasteiger charge is 2.13. The minimum absolute atomic E-state index is 0.139. The average Bonchev–Trinajstić information content (AvgIpc) is 2.99. The molecule has 0 aliphatic rings. The van der Waals surface area contributed by atoms with Crippen LogP contribution in [0.2, 0.25) is 10.0 Å². The molecular formula is C19H17Cl2FN4OS. The summed E-state index contributed by atoms with van der Waals surface area (Å²) in [4.78, 5) is 0. The number of hydrogen-bond acceptors (Lipinski definition) is 3. The lowest BCUT2D eigenvalue weighted by atomic mass is 10.2. The summed E-state index contributed by atoms with van der Waals surface area (Å²) < 4.78 is 21.0. The predicted octanol–water partition coefficient (Wildman–Crippen LogP) is 5.58. The van der Waals surface area contributed by atoms with Crippen molar-refractivity contribution in [1.82, 2.24) is 9.78 Å². The SMILES string of the molecule is CCOc1ccccc1NC(=S)Nc1nn(Cc2c(F)cccc2Cl)cc1Cl. The number of ether oxygens (including phenoxy) is 1. The number of aromatic nitrogens is 2. The Labute approximate surface area is 177 Å². The van der Waals surface area contributed by atoms with Crippen LogP contribution in [-0.4, -0.2) is 21.5 Å². The zero-order valence-corrected chi connectivity index (χ0v) is 17.2. The minimum atomic E-state index is -0.404. The summed E-state index contributed by atoms with van der Waals surface area (Å²) in [6, 6.07) is 12.0. The van der Waals surface area contributed by atoms with Gasteiger partial charge in [-0.2, -0.15) is 5.10 Å². The number of nitrogens with one attached hydrogen (secondary N) is 2. The van der Waals surface area contributed by atoms with Gasteiger partial charge >= 0.3 is 0 Å². The maximum absolute atomic E-state index is 14.0. The van der Waals surface area contributed by atoms with Crippen LogP contribution in [0.15, 0.2) is 48.7 Å². The highest BCUT2D eigenvalue weighted by molar-refractivity contribution is 7.80. The summed E-state index contributed by atoms with van der Waals surface area (Å²) in [5.41, 5.74) is 1.05. The molecule has 5 nitrogen and oxygen atoms in total. The third kappa shape index (κ3) is 4.92. The van der Waals surface area contributed by atoms with Crippen LogP contribution in [0.25, 0.3) is 0 Å². The third-order valence-corrected chi connectivity index (χ3v) is 4.60. The molecule has 0 unspecified atom stereocenters. The molecule has 146 valence electrons. The van der Waals surface area contributed by atoms with Crippen LogP contribution in [0.1, 0.15) is 12.5 Å². The molecule has 28 heavy (non-hydrogen) atoms. The zero-order valence-electron chi connectivity index (χ0n) is 14.9. The summed E-state index contributed by atoms with van der Waals surface area (Å²) >= 11 is 17.6. The molecule has 0 aliphatic carbocycles. The fourth-order valence-electron chi connectivity index (χ4n) is 2.52. The van der Waals surface area contributed by atoms with E-state index in [1.807, 2.05) is 31.2 Å². The molecular weight excluding hydrogens is 422 g/mol. The van der Waals surface area contributed by atoms with Gasteiger partial charge in [0.25, 0.3) is 0 Å². The molecule has 3 aromatic rings. The maximum atomic E-state index is 14.0. The first kappa shape index (κ1) is 20.4. The van der Waals surface area contributed by atoms with Crippen molar-refractivity contribution in [3.63, 3.8) is 0 Å². The normalized spacial score (nSPS) is 10.6. The van der Waals surface area contributed by atoms with Crippen LogP contribution in [0.4, 0.5) is 15.9 Å². The molecule has 0 saturated heterocycles. The first-order chi connectivity index (χ1) is 13.5. The second-order valence-electron chi connectivity index (χ2n) is 5.73. The van der Waals surface area contributed by atoms with Crippen molar-refractivity contribution < 1.29 is 9.13 Å². The Morgan fingerprint density at radius 2 is 1.93 bits per heavy atom. The Kier molecular flexibility index (Phi) is 6.72. The Balaban J connectivity index is 1.71. The van der Waals surface area contributed by atoms with Gasteiger partial charge in [0.15, 0.2) is 10.9 Å². The van der Waals surface area contributed by atoms with E-state index in [1.54, 1.807) is 18.3 Å². The summed E-state index contributed by atoms with van der Waals surface area (Å²) in [5, 5.41) is 11.3. The largest absolute Gasteiger partial charge is 0.492 e. The van der Waals surface area contributed by atoms with Crippen molar-refractivity contribution in [2.24, 2.45) is 0 Å². The minimum Gasteiger partial charge on any atom is -0.492 e. The van der Waals surface area contributed by atoms with E-state index in [0.717, 1.165) is 5.69 Å². The average molecular weight is 439 g/mol. The maximum Gasteiger partial charge on any atom is 0.176 e. The fraction of sp³-hybridized carbons (Fsp3) is 0.158. The summed E-state index contributed by atoms with van der Waals surface area (Å²) in [5.74, 6) is 0.624. The van der Waals surface area contributed by atoms with Crippen molar-refractivity contribution in [1.29, 1.82) is 0 Å². The summed E-state index contributed by atoms with van der Waals surface area (Å²) in [7, 11) is 0. The van der Waals surface area contributed by atoms with E-state index in [4.69, 9.17) is 40.2 Å². The van der Waals surface area contributed by atoms with Crippen LogP contribution in [-0.2, 0) is 6.54 Å². The van der Waals surface area contributed by atoms with Crippen LogP contribution >= 0.6 is 35.4 Å². The molecule has 1 heterocycles. The Bertz CT molecular complexity index is 976. The van der Waals surface area contributed by atoms with Crippen molar-refractivity contribution in [2.45, 2.75) is 13.5 Å². The van der Waals surface area contributed by atoms with Gasteiger partial charge in [0.1, 0.15) is 16.6 Å². The quantitative estimate of drug-likeness (QED) is 0.491. The van der Waals surface area contributed by atoms with Crippen LogP contribution < -0.4 is 15.4 Å². The van der Waals surface area contributed by atoms with Gasteiger partial charge in [0, 0.05) is 16.8 Å². The molecule has 2 aromatic carbocycles. The van der Waals surface area contributed by atoms with Crippen molar-refractivity contribution in [3.8, 4) is 5.75 Å². The molecule has 0 spiro atoms. The third-order valence-electron chi connectivity index (χ3n) is 3.77. The second-order valence-corrected chi connectivity index (χ2v) is 6.95. The molecule has 0 saturated carbocycles. The highest BCUT2D eigenvalue weighted by Crippen LogP contribution is 2.26. The van der Waals surface area contributed by atoms with Crippen LogP contribution in [0, 0.1) is 5.82 Å². The molecule has 0 radical (unpaired) electrons. The molecule has 0 atom stereocenters. The number of rotatable bonds is 6. The van der Waals surface area contributed by atoms with Crippen molar-refractivity contribution in [2.75, 3.05) is 17.2 Å². The van der Waals surface area contributed by atoms with E-state index < -0.39 is 5.82 Å². The smallest absolute Gasteiger partial charge is 0.176 e. The van der Waals surface area contributed by atoms with E-state index in [9.17, 15) is 4.39 Å². The van der Waals surface area contributed by atoms with E-state index in [-0.39, 0.29) is 6.54 Å². The lowest BCUT2D eigenvalue weighted by Gasteiger charge is -2.13. The highest BCUT2D eigenvalue weighted by atomic mass is 35.5. The van der Waals surface area contributed by atoms with Crippen molar-refractivity contribution in [3.05, 3.63) is 70.1 Å². The van der Waals surface area contributed by atoms with Gasteiger partial charge in [-0.3, -0.25) is 4.68 Å². The summed E-state index contributed by atoms with van der Waals surface area (Å²) in [6.45, 7) is 2.58. The monoisotopic (exact) mass is 438 g/mol. The van der Waals surface area contributed by atoms with E-state index >= 15 is 0 Å². The van der Waals surface area contributed by atoms with Crippen LogP contribution in [0.5, 0.6) is 5.75 Å². The van der Waals surface area contributed by atoms with Crippen molar-refractivity contribution >= 4 is 52.0 Å². The second kappa shape index (κ2) is 9.23. The predicted molar refractivity (Wildman–Crippen MR) is 115 cm³/mol. The molecule has 0 amide bonds. The van der Waals surface area contributed by atoms with Gasteiger partial charge in [-0.05, 0) is 43.4 Å². The van der Waals surface area contributed by atoms with Gasteiger partial charge in [0.05, 0.1) is 18.8 Å². The molecule has 2 N–H and O–H groups in total. The van der Waals surface area contributed by atoms with E-state index in [0.29, 0.717) is 38.9 Å². The molecule has 3 rings (SSSR count). The number of thiocarbonyl (C=S) groups is 1. The molecule has 0 fully saturated rings.